The summed E-state index contributed by atoms with van der Waals surface area (Å²) in [7, 11) is 0. The Hall–Kier alpha value is -2.82. The Kier molecular flexibility index (Phi) is 6.80. The van der Waals surface area contributed by atoms with Gasteiger partial charge in [-0.2, -0.15) is 0 Å². The molecule has 1 fully saturated rings. The molecule has 0 spiro atoms. The van der Waals surface area contributed by atoms with Crippen LogP contribution in [0.25, 0.3) is 0 Å². The van der Waals surface area contributed by atoms with Crippen molar-refractivity contribution >= 4 is 17.5 Å². The summed E-state index contributed by atoms with van der Waals surface area (Å²) in [6.07, 6.45) is 0.880. The Morgan fingerprint density at radius 1 is 0.933 bits per heavy atom. The Morgan fingerprint density at radius 3 is 2.07 bits per heavy atom. The smallest absolute Gasteiger partial charge is 0.318 e. The van der Waals surface area contributed by atoms with Gasteiger partial charge in [0, 0.05) is 37.4 Å². The molecule has 1 saturated heterocycles. The molecule has 5 heteroatoms. The monoisotopic (exact) mass is 407 g/mol. The molecule has 5 nitrogen and oxygen atoms in total. The molecule has 1 aliphatic rings. The van der Waals surface area contributed by atoms with Crippen LogP contribution in [0.2, 0.25) is 0 Å². The summed E-state index contributed by atoms with van der Waals surface area (Å²) in [5, 5.41) is 3.27. The number of Topliss-reactive ketones (excluding diaryl/α,β-unsaturated/α-hetero) is 1. The lowest BCUT2D eigenvalue weighted by Gasteiger charge is -2.37. The normalized spacial score (nSPS) is 15.6. The number of benzene rings is 2. The predicted octanol–water partition coefficient (Wildman–Crippen LogP) is 4.90. The molecule has 1 N–H and O–H groups in total. The van der Waals surface area contributed by atoms with E-state index in [1.165, 1.54) is 0 Å². The molecule has 0 aliphatic carbocycles. The van der Waals surface area contributed by atoms with Gasteiger partial charge in [0.1, 0.15) is 0 Å². The highest BCUT2D eigenvalue weighted by Crippen LogP contribution is 2.29. The van der Waals surface area contributed by atoms with E-state index in [4.69, 9.17) is 0 Å². The maximum Gasteiger partial charge on any atom is 0.318 e. The maximum atomic E-state index is 13.0. The summed E-state index contributed by atoms with van der Waals surface area (Å²) >= 11 is 0. The van der Waals surface area contributed by atoms with Crippen molar-refractivity contribution in [2.75, 3.05) is 31.1 Å². The first-order valence-corrected chi connectivity index (χ1v) is 10.7. The minimum Gasteiger partial charge on any atom is -0.368 e. The fourth-order valence-electron chi connectivity index (χ4n) is 3.86. The van der Waals surface area contributed by atoms with Crippen LogP contribution in [-0.2, 0) is 0 Å². The number of piperazine rings is 1. The summed E-state index contributed by atoms with van der Waals surface area (Å²) in [5.74, 6) is 0.0752. The minimum atomic E-state index is -0.00384. The van der Waals surface area contributed by atoms with Gasteiger partial charge in [0.25, 0.3) is 0 Å². The van der Waals surface area contributed by atoms with E-state index in [2.05, 4.69) is 43.1 Å². The largest absolute Gasteiger partial charge is 0.368 e. The van der Waals surface area contributed by atoms with Crippen LogP contribution in [0, 0.1) is 5.41 Å². The second-order valence-corrected chi connectivity index (χ2v) is 9.25. The number of carbonyl (C=O) groups is 2. The molecule has 160 valence electrons. The van der Waals surface area contributed by atoms with Crippen LogP contribution in [0.3, 0.4) is 0 Å². The van der Waals surface area contributed by atoms with Crippen molar-refractivity contribution in [2.45, 2.75) is 40.2 Å². The first-order chi connectivity index (χ1) is 14.2. The molecule has 2 aromatic carbocycles. The molecule has 1 heterocycles. The van der Waals surface area contributed by atoms with Crippen LogP contribution in [-0.4, -0.2) is 42.9 Å². The predicted molar refractivity (Wildman–Crippen MR) is 122 cm³/mol. The summed E-state index contributed by atoms with van der Waals surface area (Å²) in [6, 6.07) is 17.9. The van der Waals surface area contributed by atoms with Crippen molar-refractivity contribution in [3.63, 3.8) is 0 Å². The molecule has 1 unspecified atom stereocenters. The van der Waals surface area contributed by atoms with E-state index >= 15 is 0 Å². The minimum absolute atomic E-state index is 0.000296. The number of rotatable bonds is 5. The number of hydrogen-bond donors (Lipinski definition) is 1. The van der Waals surface area contributed by atoms with Crippen LogP contribution in [0.4, 0.5) is 10.5 Å². The Balaban J connectivity index is 1.60. The first-order valence-electron chi connectivity index (χ1n) is 10.7. The number of carbonyl (C=O) groups excluding carboxylic acids is 2. The third-order valence-electron chi connectivity index (χ3n) is 5.52. The molecule has 2 amide bonds. The van der Waals surface area contributed by atoms with Crippen molar-refractivity contribution in [1.82, 2.24) is 10.2 Å². The highest BCUT2D eigenvalue weighted by Gasteiger charge is 2.26. The Morgan fingerprint density at radius 2 is 1.53 bits per heavy atom. The molecule has 0 bridgehead atoms. The van der Waals surface area contributed by atoms with E-state index in [-0.39, 0.29) is 23.3 Å². The number of hydrogen-bond acceptors (Lipinski definition) is 3. The van der Waals surface area contributed by atoms with E-state index in [9.17, 15) is 9.59 Å². The van der Waals surface area contributed by atoms with Crippen molar-refractivity contribution in [2.24, 2.45) is 5.41 Å². The van der Waals surface area contributed by atoms with Crippen molar-refractivity contribution in [3.8, 4) is 0 Å². The zero-order valence-corrected chi connectivity index (χ0v) is 18.5. The molecular weight excluding hydrogens is 374 g/mol. The van der Waals surface area contributed by atoms with Gasteiger partial charge in [-0.3, -0.25) is 4.79 Å². The molecule has 1 aliphatic heterocycles. The fraction of sp³-hybridized carbons (Fsp3) is 0.440. The van der Waals surface area contributed by atoms with E-state index in [1.807, 2.05) is 47.4 Å². The van der Waals surface area contributed by atoms with Gasteiger partial charge < -0.3 is 15.1 Å². The average Bonchev–Trinajstić information content (AvgIpc) is 2.73. The van der Waals surface area contributed by atoms with Gasteiger partial charge in [-0.15, -0.1) is 0 Å². The number of urea groups is 1. The average molecular weight is 408 g/mol. The van der Waals surface area contributed by atoms with Gasteiger partial charge in [-0.25, -0.2) is 4.79 Å². The molecule has 0 aromatic heterocycles. The van der Waals surface area contributed by atoms with Crippen LogP contribution >= 0.6 is 0 Å². The summed E-state index contributed by atoms with van der Waals surface area (Å²) < 4.78 is 0. The summed E-state index contributed by atoms with van der Waals surface area (Å²) in [5.41, 5.74) is 3.07. The highest BCUT2D eigenvalue weighted by molar-refractivity contribution is 5.94. The lowest BCUT2D eigenvalue weighted by molar-refractivity contribution is 0.101. The van der Waals surface area contributed by atoms with Gasteiger partial charge >= 0.3 is 6.03 Å². The van der Waals surface area contributed by atoms with E-state index in [0.29, 0.717) is 13.1 Å². The second-order valence-electron chi connectivity index (χ2n) is 9.25. The standard InChI is InChI=1S/C25H33N3O2/c1-19(29)20-10-12-22(13-11-20)27-14-16-28(17-15-27)24(30)26-23(18-25(2,3)4)21-8-6-5-7-9-21/h5-13,23H,14-18H2,1-4H3,(H,26,30). The van der Waals surface area contributed by atoms with Crippen LogP contribution in [0.1, 0.15) is 56.1 Å². The number of anilines is 1. The fourth-order valence-corrected chi connectivity index (χ4v) is 3.86. The number of nitrogens with one attached hydrogen (secondary N) is 1. The zero-order valence-electron chi connectivity index (χ0n) is 18.5. The Bertz CT molecular complexity index is 848. The lowest BCUT2D eigenvalue weighted by Crippen LogP contribution is -2.52. The number of amides is 2. The van der Waals surface area contributed by atoms with Gasteiger partial charge in [-0.1, -0.05) is 51.1 Å². The lowest BCUT2D eigenvalue weighted by atomic mass is 9.85. The molecular formula is C25H33N3O2. The van der Waals surface area contributed by atoms with E-state index < -0.39 is 0 Å². The summed E-state index contributed by atoms with van der Waals surface area (Å²) in [6.45, 7) is 11.1. The maximum absolute atomic E-state index is 13.0. The van der Waals surface area contributed by atoms with Gasteiger partial charge in [0.15, 0.2) is 5.78 Å². The first kappa shape index (κ1) is 21.9. The quantitative estimate of drug-likeness (QED) is 0.718. The van der Waals surface area contributed by atoms with Gasteiger partial charge in [0.2, 0.25) is 0 Å². The van der Waals surface area contributed by atoms with E-state index in [1.54, 1.807) is 6.92 Å². The molecule has 2 aromatic rings. The van der Waals surface area contributed by atoms with Crippen LogP contribution in [0.5, 0.6) is 0 Å². The zero-order chi connectivity index (χ0) is 21.7. The number of nitrogens with zero attached hydrogens (tertiary/aromatic N) is 2. The second kappa shape index (κ2) is 9.33. The van der Waals surface area contributed by atoms with Crippen molar-refractivity contribution in [3.05, 3.63) is 65.7 Å². The van der Waals surface area contributed by atoms with Crippen molar-refractivity contribution < 1.29 is 9.59 Å². The van der Waals surface area contributed by atoms with Crippen LogP contribution in [0.15, 0.2) is 54.6 Å². The third-order valence-corrected chi connectivity index (χ3v) is 5.52. The third kappa shape index (κ3) is 5.85. The van der Waals surface area contributed by atoms with E-state index in [0.717, 1.165) is 36.3 Å². The number of ketones is 1. The Labute approximate surface area is 180 Å². The van der Waals surface area contributed by atoms with Crippen molar-refractivity contribution in [1.29, 1.82) is 0 Å². The van der Waals surface area contributed by atoms with Crippen LogP contribution < -0.4 is 10.2 Å². The SMILES string of the molecule is CC(=O)c1ccc(N2CCN(C(=O)NC(CC(C)(C)C)c3ccccc3)CC2)cc1. The highest BCUT2D eigenvalue weighted by atomic mass is 16.2. The topological polar surface area (TPSA) is 52.7 Å². The van der Waals surface area contributed by atoms with Gasteiger partial charge in [0.05, 0.1) is 6.04 Å². The molecule has 1 atom stereocenters. The van der Waals surface area contributed by atoms with Gasteiger partial charge in [-0.05, 0) is 48.6 Å². The molecule has 30 heavy (non-hydrogen) atoms. The summed E-state index contributed by atoms with van der Waals surface area (Å²) in [4.78, 5) is 28.6. The molecule has 0 radical (unpaired) electrons. The molecule has 3 rings (SSSR count). The molecule has 0 saturated carbocycles.